The maximum Gasteiger partial charge on any atom is -0.00183 e. The second kappa shape index (κ2) is 44.6. The maximum atomic E-state index is 2.81. The van der Waals surface area contributed by atoms with E-state index < -0.39 is 0 Å². The molecule has 2 nitrogen and oxygen atoms in total. The number of hydrogen-bond donors (Lipinski definition) is 0. The molecule has 0 aliphatic carbocycles. The first-order valence-corrected chi connectivity index (χ1v) is 23.5. The summed E-state index contributed by atoms with van der Waals surface area (Å²) < 4.78 is 0. The second-order valence-corrected chi connectivity index (χ2v) is 16.0. The van der Waals surface area contributed by atoms with Crippen LogP contribution in [0, 0.1) is 0 Å². The summed E-state index contributed by atoms with van der Waals surface area (Å²) in [6.07, 6.45) is 57.2. The molecule has 0 heterocycles. The van der Waals surface area contributed by atoms with Crippen molar-refractivity contribution in [1.82, 2.24) is 9.80 Å². The first-order valence-electron chi connectivity index (χ1n) is 23.5. The van der Waals surface area contributed by atoms with Crippen LogP contribution < -0.4 is 0 Å². The van der Waals surface area contributed by atoms with E-state index in [9.17, 15) is 0 Å². The van der Waals surface area contributed by atoms with Crippen LogP contribution in [-0.4, -0.2) is 49.1 Å². The van der Waals surface area contributed by atoms with Gasteiger partial charge in [-0.2, -0.15) is 0 Å². The molecule has 0 aromatic rings. The molecule has 2 heteroatoms. The van der Waals surface area contributed by atoms with Crippen LogP contribution in [0.2, 0.25) is 0 Å². The van der Waals surface area contributed by atoms with Crippen molar-refractivity contribution in [2.75, 3.05) is 39.3 Å². The molecule has 0 bridgehead atoms. The van der Waals surface area contributed by atoms with Crippen LogP contribution >= 0.6 is 0 Å². The van der Waals surface area contributed by atoms with Gasteiger partial charge in [0.15, 0.2) is 0 Å². The minimum Gasteiger partial charge on any atom is -0.303 e. The average molecular weight is 701 g/mol. The van der Waals surface area contributed by atoms with E-state index in [1.165, 1.54) is 258 Å². The lowest BCUT2D eigenvalue weighted by Gasteiger charge is -2.25. The molecule has 0 aromatic heterocycles. The van der Waals surface area contributed by atoms with E-state index in [0.717, 1.165) is 0 Å². The Balaban J connectivity index is 3.88. The number of nitrogens with zero attached hydrogens (tertiary/aromatic N) is 2. The van der Waals surface area contributed by atoms with Gasteiger partial charge in [0, 0.05) is 0 Å². The number of unbranched alkanes of at least 4 members (excludes halogenated alkanes) is 27. The monoisotopic (exact) mass is 701 g/mol. The molecule has 0 saturated heterocycles. The topological polar surface area (TPSA) is 6.48 Å². The molecule has 0 aliphatic rings. The van der Waals surface area contributed by atoms with Gasteiger partial charge in [-0.15, -0.1) is 0 Å². The zero-order valence-corrected chi connectivity index (χ0v) is 35.5. The summed E-state index contributed by atoms with van der Waals surface area (Å²) in [6.45, 7) is 17.2. The number of hydrogen-bond acceptors (Lipinski definition) is 2. The van der Waals surface area contributed by atoms with E-state index in [2.05, 4.69) is 61.8 Å². The van der Waals surface area contributed by atoms with Crippen molar-refractivity contribution in [2.24, 2.45) is 0 Å². The third-order valence-electron chi connectivity index (χ3n) is 10.8. The molecule has 298 valence electrons. The van der Waals surface area contributed by atoms with Crippen LogP contribution in [0.1, 0.15) is 246 Å². The van der Waals surface area contributed by atoms with Crippen LogP contribution in [0.25, 0.3) is 0 Å². The maximum absolute atomic E-state index is 2.81. The molecule has 50 heavy (non-hydrogen) atoms. The van der Waals surface area contributed by atoms with Gasteiger partial charge in [0.2, 0.25) is 0 Å². The Morgan fingerprint density at radius 2 is 0.420 bits per heavy atom. The van der Waals surface area contributed by atoms with E-state index in [4.69, 9.17) is 0 Å². The van der Waals surface area contributed by atoms with Gasteiger partial charge in [-0.1, -0.05) is 180 Å². The highest BCUT2D eigenvalue weighted by atomic mass is 15.1. The summed E-state index contributed by atoms with van der Waals surface area (Å²) in [5.41, 5.74) is 0. The van der Waals surface area contributed by atoms with Gasteiger partial charge in [-0.3, -0.25) is 0 Å². The third-order valence-corrected chi connectivity index (χ3v) is 10.8. The van der Waals surface area contributed by atoms with Gasteiger partial charge in [-0.25, -0.2) is 0 Å². The van der Waals surface area contributed by atoms with Crippen molar-refractivity contribution in [3.8, 4) is 0 Å². The molecule has 0 fully saturated rings. The normalized spacial score (nSPS) is 12.2. The van der Waals surface area contributed by atoms with Crippen LogP contribution in [-0.2, 0) is 0 Å². The fraction of sp³-hybridized carbons (Fsp3) is 0.917. The SMILES string of the molecule is CCCCCCCC/C=C\CCCCCCCCN(CCCC)CCCCN(CCCC)CCCCCCCC/C=C\CCCCCCCC. The summed E-state index contributed by atoms with van der Waals surface area (Å²) in [7, 11) is 0. The van der Waals surface area contributed by atoms with Crippen molar-refractivity contribution in [3.05, 3.63) is 24.3 Å². The predicted octanol–water partition coefficient (Wildman–Crippen LogP) is 16.0. The zero-order chi connectivity index (χ0) is 36.3. The standard InChI is InChI=1S/C48H96N2/c1-5-9-13-15-17-19-21-23-25-27-29-31-33-35-37-39-45-49(43-11-7-3)47-41-42-48-50(44-12-8-4)46-40-38-36-34-32-30-28-26-24-22-20-18-16-14-10-6-2/h23-26H,5-22,27-48H2,1-4H3/b25-23-,26-24-. The van der Waals surface area contributed by atoms with E-state index in [1.54, 1.807) is 0 Å². The Kier molecular flexibility index (Phi) is 44.0. The fourth-order valence-electron chi connectivity index (χ4n) is 7.27. The van der Waals surface area contributed by atoms with Crippen LogP contribution in [0.4, 0.5) is 0 Å². The molecule has 0 saturated carbocycles. The Bertz CT molecular complexity index is 599. The van der Waals surface area contributed by atoms with E-state index in [-0.39, 0.29) is 0 Å². The number of allylic oxidation sites excluding steroid dienone is 4. The van der Waals surface area contributed by atoms with Gasteiger partial charge in [0.05, 0.1) is 0 Å². The van der Waals surface area contributed by atoms with Gasteiger partial charge in [0.25, 0.3) is 0 Å². The Labute approximate surface area is 318 Å². The van der Waals surface area contributed by atoms with Crippen molar-refractivity contribution in [3.63, 3.8) is 0 Å². The van der Waals surface area contributed by atoms with Crippen molar-refractivity contribution >= 4 is 0 Å². The van der Waals surface area contributed by atoms with Crippen LogP contribution in [0.3, 0.4) is 0 Å². The quantitative estimate of drug-likeness (QED) is 0.0461. The Morgan fingerprint density at radius 1 is 0.220 bits per heavy atom. The molecular weight excluding hydrogens is 605 g/mol. The summed E-state index contributed by atoms with van der Waals surface area (Å²) in [5.74, 6) is 0. The lowest BCUT2D eigenvalue weighted by molar-refractivity contribution is 0.231. The molecule has 0 rings (SSSR count). The summed E-state index contributed by atoms with van der Waals surface area (Å²) in [6, 6.07) is 0. The van der Waals surface area contributed by atoms with E-state index >= 15 is 0 Å². The Morgan fingerprint density at radius 3 is 0.700 bits per heavy atom. The smallest absolute Gasteiger partial charge is 0.00183 e. The molecule has 0 aromatic carbocycles. The molecule has 0 amide bonds. The van der Waals surface area contributed by atoms with Crippen molar-refractivity contribution in [1.29, 1.82) is 0 Å². The highest BCUT2D eigenvalue weighted by Crippen LogP contribution is 2.13. The van der Waals surface area contributed by atoms with E-state index in [0.29, 0.717) is 0 Å². The van der Waals surface area contributed by atoms with E-state index in [1.807, 2.05) is 0 Å². The first kappa shape index (κ1) is 49.4. The van der Waals surface area contributed by atoms with Crippen LogP contribution in [0.15, 0.2) is 24.3 Å². The fourth-order valence-corrected chi connectivity index (χ4v) is 7.27. The predicted molar refractivity (Wildman–Crippen MR) is 231 cm³/mol. The molecule has 0 aliphatic heterocycles. The van der Waals surface area contributed by atoms with Crippen LogP contribution in [0.5, 0.6) is 0 Å². The summed E-state index contributed by atoms with van der Waals surface area (Å²) >= 11 is 0. The minimum atomic E-state index is 1.30. The molecule has 0 N–H and O–H groups in total. The molecule has 0 radical (unpaired) electrons. The first-order chi connectivity index (χ1) is 24.8. The van der Waals surface area contributed by atoms with Crippen molar-refractivity contribution < 1.29 is 0 Å². The molecule has 0 spiro atoms. The van der Waals surface area contributed by atoms with Gasteiger partial charge in [0.1, 0.15) is 0 Å². The third kappa shape index (κ3) is 40.2. The Hall–Kier alpha value is -0.600. The largest absolute Gasteiger partial charge is 0.303 e. The molecule has 0 unspecified atom stereocenters. The lowest BCUT2D eigenvalue weighted by atomic mass is 10.1. The lowest BCUT2D eigenvalue weighted by Crippen LogP contribution is -2.30. The molecular formula is C48H96N2. The zero-order valence-electron chi connectivity index (χ0n) is 35.5. The summed E-state index contributed by atoms with van der Waals surface area (Å²) in [4.78, 5) is 5.61. The highest BCUT2D eigenvalue weighted by molar-refractivity contribution is 4.82. The van der Waals surface area contributed by atoms with Gasteiger partial charge in [-0.05, 0) is 129 Å². The van der Waals surface area contributed by atoms with Crippen molar-refractivity contribution in [2.45, 2.75) is 246 Å². The minimum absolute atomic E-state index is 1.30. The second-order valence-electron chi connectivity index (χ2n) is 16.0. The summed E-state index contributed by atoms with van der Waals surface area (Å²) in [5, 5.41) is 0. The highest BCUT2D eigenvalue weighted by Gasteiger charge is 2.07. The molecule has 0 atom stereocenters. The average Bonchev–Trinajstić information content (AvgIpc) is 3.13. The van der Waals surface area contributed by atoms with Gasteiger partial charge < -0.3 is 9.80 Å². The van der Waals surface area contributed by atoms with Gasteiger partial charge >= 0.3 is 0 Å². The number of rotatable bonds is 43.